The van der Waals surface area contributed by atoms with Crippen molar-refractivity contribution in [3.63, 3.8) is 0 Å². The summed E-state index contributed by atoms with van der Waals surface area (Å²) < 4.78 is 17.8. The van der Waals surface area contributed by atoms with Gasteiger partial charge in [-0.1, -0.05) is 83.2 Å². The lowest BCUT2D eigenvalue weighted by Crippen LogP contribution is -2.69. The minimum Gasteiger partial charge on any atom is -0.466 e. The summed E-state index contributed by atoms with van der Waals surface area (Å²) >= 11 is 0. The Morgan fingerprint density at radius 1 is 0.828 bits per heavy atom. The molecule has 320 valence electrons. The number of carbonyl (C=O) groups excluding carboxylic acids is 4. The van der Waals surface area contributed by atoms with E-state index in [1.54, 1.807) is 0 Å². The van der Waals surface area contributed by atoms with Crippen LogP contribution in [0.1, 0.15) is 118 Å². The van der Waals surface area contributed by atoms with Crippen LogP contribution in [0.15, 0.2) is 42.0 Å². The van der Waals surface area contributed by atoms with Crippen molar-refractivity contribution in [3.8, 4) is 0 Å². The van der Waals surface area contributed by atoms with Crippen LogP contribution in [0.2, 0.25) is 25.7 Å². The average Bonchev–Trinajstić information content (AvgIpc) is 3.65. The van der Waals surface area contributed by atoms with Crippen LogP contribution in [-0.4, -0.2) is 69.0 Å². The van der Waals surface area contributed by atoms with Crippen molar-refractivity contribution in [2.75, 3.05) is 26.3 Å². The molecule has 0 radical (unpaired) electrons. The number of likely N-dealkylation sites (tertiary alicyclic amines) is 1. The van der Waals surface area contributed by atoms with Crippen molar-refractivity contribution in [1.29, 1.82) is 0 Å². The lowest BCUT2D eigenvalue weighted by molar-refractivity contribution is -0.211. The number of hydrogen-bond acceptors (Lipinski definition) is 8. The second kappa shape index (κ2) is 15.3. The highest BCUT2D eigenvalue weighted by Crippen LogP contribution is 2.75. The first-order chi connectivity index (χ1) is 27.2. The molecular weight excluding hydrogens is 743 g/mol. The van der Waals surface area contributed by atoms with Gasteiger partial charge >= 0.3 is 17.9 Å². The molecule has 58 heavy (non-hydrogen) atoms. The van der Waals surface area contributed by atoms with Gasteiger partial charge in [0.25, 0.3) is 0 Å². The molecular formula is C49H73NO7Si. The largest absolute Gasteiger partial charge is 0.466 e. The molecule has 0 bridgehead atoms. The van der Waals surface area contributed by atoms with Crippen LogP contribution in [0.3, 0.4) is 0 Å². The summed E-state index contributed by atoms with van der Waals surface area (Å²) in [6.45, 7) is 25.0. The number of carbonyl (C=O) groups is 4. The molecule has 1 saturated heterocycles. The number of esters is 3. The molecule has 0 aromatic heterocycles. The highest BCUT2D eigenvalue weighted by molar-refractivity contribution is 6.76. The lowest BCUT2D eigenvalue weighted by atomic mass is 9.33. The second-order valence-corrected chi connectivity index (χ2v) is 28.0. The van der Waals surface area contributed by atoms with Crippen molar-refractivity contribution < 1.29 is 33.4 Å². The summed E-state index contributed by atoms with van der Waals surface area (Å²) in [7, 11) is -1.35. The standard InChI is InChI=1S/C49H73NO7Si/c1-11-55-41(52)34-19-26-50(31-34)39-18-20-46(4)38(49(39,7)43(54)57-32-33-15-13-12-14-16-33)17-21-48(6)40(46)37(51)29-35-36-30-45(3,42(53)56-27-28-58(8,9)10)23-22-44(36,2)24-25-47(35,48)5/h12-16,29,34,36,38-40H,11,17-28,30-32H2,1-10H3/t34-,36+,38-,39+,40-,44-,45+,46+,47-,48-,49+/m1/s1. The molecule has 0 spiro atoms. The molecule has 8 nitrogen and oxygen atoms in total. The van der Waals surface area contributed by atoms with Gasteiger partial charge in [-0.3, -0.25) is 24.1 Å². The van der Waals surface area contributed by atoms with Gasteiger partial charge in [0.2, 0.25) is 0 Å². The number of benzene rings is 1. The topological polar surface area (TPSA) is 99.2 Å². The van der Waals surface area contributed by atoms with Crippen LogP contribution in [0.25, 0.3) is 0 Å². The van der Waals surface area contributed by atoms with Gasteiger partial charge in [0.1, 0.15) is 6.61 Å². The number of rotatable bonds is 10. The van der Waals surface area contributed by atoms with Crippen LogP contribution in [0.4, 0.5) is 0 Å². The number of nitrogens with zero attached hydrogens (tertiary/aromatic N) is 1. The quantitative estimate of drug-likeness (QED) is 0.131. The Kier molecular flexibility index (Phi) is 11.4. The van der Waals surface area contributed by atoms with Crippen LogP contribution >= 0.6 is 0 Å². The van der Waals surface area contributed by atoms with Gasteiger partial charge in [-0.15, -0.1) is 0 Å². The maximum atomic E-state index is 15.3. The zero-order chi connectivity index (χ0) is 42.1. The minimum absolute atomic E-state index is 0.0321. The number of fused-ring (bicyclic) bond motifs is 7. The third-order valence-corrected chi connectivity index (χ3v) is 19.4. The summed E-state index contributed by atoms with van der Waals surface area (Å²) in [5.74, 6) is -0.608. The second-order valence-electron chi connectivity index (χ2n) is 22.3. The Labute approximate surface area is 350 Å². The molecule has 6 aliphatic rings. The molecule has 1 aliphatic heterocycles. The lowest BCUT2D eigenvalue weighted by Gasteiger charge is -2.70. The monoisotopic (exact) mass is 816 g/mol. The molecule has 1 aromatic carbocycles. The van der Waals surface area contributed by atoms with Gasteiger partial charge in [0.05, 0.1) is 30.0 Å². The van der Waals surface area contributed by atoms with E-state index in [1.807, 2.05) is 37.3 Å². The van der Waals surface area contributed by atoms with E-state index in [-0.39, 0.29) is 76.3 Å². The highest BCUT2D eigenvalue weighted by Gasteiger charge is 2.72. The van der Waals surface area contributed by atoms with Crippen LogP contribution in [-0.2, 0) is 40.0 Å². The van der Waals surface area contributed by atoms with E-state index in [0.717, 1.165) is 75.9 Å². The van der Waals surface area contributed by atoms with Crippen molar-refractivity contribution in [1.82, 2.24) is 4.90 Å². The normalized spacial score (nSPS) is 41.2. The Balaban J connectivity index is 1.21. The van der Waals surface area contributed by atoms with E-state index >= 15 is 4.79 Å². The maximum absolute atomic E-state index is 15.3. The molecule has 5 aliphatic carbocycles. The molecule has 4 saturated carbocycles. The van der Waals surface area contributed by atoms with Gasteiger partial charge in [0.15, 0.2) is 5.78 Å². The first kappa shape index (κ1) is 43.3. The van der Waals surface area contributed by atoms with Crippen molar-refractivity contribution in [2.24, 2.45) is 56.2 Å². The minimum atomic E-state index is -1.35. The summed E-state index contributed by atoms with van der Waals surface area (Å²) in [6, 6.07) is 10.7. The molecule has 1 heterocycles. The van der Waals surface area contributed by atoms with Gasteiger partial charge < -0.3 is 14.2 Å². The van der Waals surface area contributed by atoms with Gasteiger partial charge in [-0.05, 0) is 143 Å². The Morgan fingerprint density at radius 2 is 1.53 bits per heavy atom. The number of hydrogen-bond donors (Lipinski definition) is 0. The number of allylic oxidation sites excluding steroid dienone is 2. The molecule has 7 rings (SSSR count). The molecule has 0 N–H and O–H groups in total. The third-order valence-electron chi connectivity index (χ3n) is 17.7. The summed E-state index contributed by atoms with van der Waals surface area (Å²) in [4.78, 5) is 59.4. The van der Waals surface area contributed by atoms with E-state index < -0.39 is 24.3 Å². The van der Waals surface area contributed by atoms with E-state index in [9.17, 15) is 14.4 Å². The van der Waals surface area contributed by atoms with Gasteiger partial charge in [0, 0.05) is 26.6 Å². The van der Waals surface area contributed by atoms with Gasteiger partial charge in [-0.25, -0.2) is 0 Å². The first-order valence-electron chi connectivity index (χ1n) is 22.7. The van der Waals surface area contributed by atoms with Crippen LogP contribution in [0, 0.1) is 56.2 Å². The predicted molar refractivity (Wildman–Crippen MR) is 229 cm³/mol. The van der Waals surface area contributed by atoms with Crippen molar-refractivity contribution >= 4 is 31.8 Å². The van der Waals surface area contributed by atoms with E-state index in [0.29, 0.717) is 26.2 Å². The SMILES string of the molecule is CCOC(=O)[C@@H]1CCN([C@H]2CC[C@@]3(C)[C@@H](CC[C@]4(C)[C@@H]3C(=O)C=C3[C@@H]5C[C@@](C)(C(=O)OCC[Si](C)(C)C)CC[C@]5(C)CC[C@]34C)[C@]2(C)C(=O)OCc2ccccc2)C1. The fourth-order valence-corrected chi connectivity index (χ4v) is 14.6. The summed E-state index contributed by atoms with van der Waals surface area (Å²) in [6.07, 6.45) is 10.6. The highest BCUT2D eigenvalue weighted by atomic mass is 28.3. The van der Waals surface area contributed by atoms with E-state index in [4.69, 9.17) is 14.2 Å². The van der Waals surface area contributed by atoms with Crippen molar-refractivity contribution in [2.45, 2.75) is 151 Å². The van der Waals surface area contributed by atoms with Gasteiger partial charge in [-0.2, -0.15) is 0 Å². The Morgan fingerprint density at radius 3 is 2.22 bits per heavy atom. The number of ether oxygens (including phenoxy) is 3. The first-order valence-corrected chi connectivity index (χ1v) is 26.4. The van der Waals surface area contributed by atoms with Crippen molar-refractivity contribution in [3.05, 3.63) is 47.5 Å². The average molecular weight is 816 g/mol. The molecule has 1 aromatic rings. The molecule has 0 unspecified atom stereocenters. The number of ketones is 1. The molecule has 5 fully saturated rings. The van der Waals surface area contributed by atoms with Crippen LogP contribution in [0.5, 0.6) is 0 Å². The fourth-order valence-electron chi connectivity index (χ4n) is 13.9. The summed E-state index contributed by atoms with van der Waals surface area (Å²) in [5.41, 5.74) is -0.166. The van der Waals surface area contributed by atoms with E-state index in [1.165, 1.54) is 5.57 Å². The Bertz CT molecular complexity index is 1810. The molecule has 0 amide bonds. The summed E-state index contributed by atoms with van der Waals surface area (Å²) in [5, 5.41) is 0. The molecule has 11 atom stereocenters. The smallest absolute Gasteiger partial charge is 0.314 e. The molecule has 9 heteroatoms. The maximum Gasteiger partial charge on any atom is 0.314 e. The Hall–Kier alpha value is -2.78. The van der Waals surface area contributed by atoms with E-state index in [2.05, 4.69) is 72.2 Å². The van der Waals surface area contributed by atoms with Crippen LogP contribution < -0.4 is 0 Å². The zero-order valence-electron chi connectivity index (χ0n) is 37.5. The third kappa shape index (κ3) is 7.07. The fraction of sp³-hybridized carbons (Fsp3) is 0.755. The zero-order valence-corrected chi connectivity index (χ0v) is 38.5. The predicted octanol–water partition coefficient (Wildman–Crippen LogP) is 9.83.